The van der Waals surface area contributed by atoms with E-state index in [2.05, 4.69) is 66.8 Å². The van der Waals surface area contributed by atoms with Crippen molar-refractivity contribution >= 4 is 50.2 Å². The number of benzene rings is 1. The first kappa shape index (κ1) is 34.0. The van der Waals surface area contributed by atoms with Crippen LogP contribution < -0.4 is 4.90 Å². The molecular weight excluding hydrogens is 698 g/mol. The molecule has 0 N–H and O–H groups in total. The summed E-state index contributed by atoms with van der Waals surface area (Å²) in [7, 11) is -2.46. The Morgan fingerprint density at radius 1 is 0.955 bits per heavy atom. The predicted octanol–water partition coefficient (Wildman–Crippen LogP) is 9.43. The van der Waals surface area contributed by atoms with Gasteiger partial charge in [0.2, 0.25) is 0 Å². The van der Waals surface area contributed by atoms with Crippen LogP contribution in [0.2, 0.25) is 51.4 Å². The summed E-state index contributed by atoms with van der Waals surface area (Å²) < 4.78 is 30.8. The number of aryl methyl sites for hydroxylation is 1. The van der Waals surface area contributed by atoms with Crippen molar-refractivity contribution in [1.82, 2.24) is 14.6 Å². The van der Waals surface area contributed by atoms with Gasteiger partial charge in [-0.2, -0.15) is 9.61 Å². The van der Waals surface area contributed by atoms with Crippen molar-refractivity contribution in [3.8, 4) is 11.1 Å². The van der Waals surface area contributed by atoms with E-state index in [1.807, 2.05) is 29.8 Å². The third kappa shape index (κ3) is 8.32. The van der Waals surface area contributed by atoms with Crippen LogP contribution >= 0.6 is 22.6 Å². The molecule has 0 radical (unpaired) electrons. The number of aromatic nitrogens is 3. The van der Waals surface area contributed by atoms with E-state index in [0.717, 1.165) is 74.6 Å². The van der Waals surface area contributed by atoms with Gasteiger partial charge in [0.05, 0.1) is 15.5 Å². The first-order chi connectivity index (χ1) is 20.8. The summed E-state index contributed by atoms with van der Waals surface area (Å²) in [5.41, 5.74) is 4.35. The monoisotopic (exact) mass is 750 g/mol. The average molecular weight is 751 g/mol. The van der Waals surface area contributed by atoms with Gasteiger partial charge >= 0.3 is 0 Å². The molecule has 0 saturated heterocycles. The van der Waals surface area contributed by atoms with Crippen LogP contribution in [0.1, 0.15) is 56.2 Å². The lowest BCUT2D eigenvalue weighted by atomic mass is 9.79. The molecule has 2 saturated carbocycles. The Hall–Kier alpha value is -1.35. The molecule has 2 aromatic heterocycles. The molecule has 5 rings (SSSR count). The molecule has 3 atom stereocenters. The highest BCUT2D eigenvalue weighted by atomic mass is 127. The van der Waals surface area contributed by atoms with Crippen molar-refractivity contribution in [1.29, 1.82) is 0 Å². The Morgan fingerprint density at radius 2 is 1.57 bits per heavy atom. The molecule has 44 heavy (non-hydrogen) atoms. The van der Waals surface area contributed by atoms with Crippen molar-refractivity contribution in [2.75, 3.05) is 31.6 Å². The summed E-state index contributed by atoms with van der Waals surface area (Å²) in [5.74, 6) is 2.80. The predicted molar refractivity (Wildman–Crippen MR) is 194 cm³/mol. The minimum Gasteiger partial charge on any atom is -0.361 e. The third-order valence-electron chi connectivity index (χ3n) is 9.40. The average Bonchev–Trinajstić information content (AvgIpc) is 3.52. The van der Waals surface area contributed by atoms with Gasteiger partial charge in [-0.1, -0.05) is 71.2 Å². The fourth-order valence-electron chi connectivity index (χ4n) is 6.72. The van der Waals surface area contributed by atoms with Crippen LogP contribution in [0, 0.1) is 21.2 Å². The Balaban J connectivity index is 1.57. The van der Waals surface area contributed by atoms with Crippen molar-refractivity contribution in [3.05, 3.63) is 45.0 Å². The largest absolute Gasteiger partial charge is 0.361 e. The zero-order valence-corrected chi connectivity index (χ0v) is 32.0. The van der Waals surface area contributed by atoms with Crippen molar-refractivity contribution in [2.24, 2.45) is 11.8 Å². The van der Waals surface area contributed by atoms with Crippen LogP contribution in [-0.4, -0.2) is 57.4 Å². The van der Waals surface area contributed by atoms with E-state index >= 15 is 4.39 Å². The van der Waals surface area contributed by atoms with Gasteiger partial charge in [0.15, 0.2) is 11.5 Å². The SMILES string of the molecule is CCc1ccc(-c2cnn3c(N(COCC[Si](C)(C)C)COCC[Si](C)(C)C)c(I)c([C@H]4C[C@@H]5CC[C@@H](C5)C4)nc23)cc1F. The van der Waals surface area contributed by atoms with Gasteiger partial charge in [-0.15, -0.1) is 0 Å². The number of halogens is 2. The number of nitrogens with zero attached hydrogens (tertiary/aromatic N) is 4. The van der Waals surface area contributed by atoms with Crippen LogP contribution in [0.5, 0.6) is 0 Å². The van der Waals surface area contributed by atoms with Crippen LogP contribution in [0.25, 0.3) is 16.8 Å². The number of hydrogen-bond acceptors (Lipinski definition) is 5. The topological polar surface area (TPSA) is 51.9 Å². The summed E-state index contributed by atoms with van der Waals surface area (Å²) in [5, 5.41) is 4.90. The maximum atomic E-state index is 15.0. The van der Waals surface area contributed by atoms with Gasteiger partial charge < -0.3 is 14.4 Å². The van der Waals surface area contributed by atoms with Gasteiger partial charge in [-0.05, 0) is 89.4 Å². The first-order valence-electron chi connectivity index (χ1n) is 16.6. The quantitative estimate of drug-likeness (QED) is 0.0712. The smallest absolute Gasteiger partial charge is 0.165 e. The minimum absolute atomic E-state index is 0.174. The summed E-state index contributed by atoms with van der Waals surface area (Å²) in [6.07, 6.45) is 8.96. The standard InChI is InChI=1S/C34H52FIN4O2Si2/c1-8-26-11-12-27(20-30(26)35)29-21-37-40-33(29)38-32(28-18-24-9-10-25(17-24)19-28)31(36)34(40)39(22-41-13-15-43(2,3)4)23-42-14-16-44(5,6)7/h11-12,20-21,24-25,28H,8-10,13-19,22-23H2,1-7H3/t24-,25+,28+. The van der Waals surface area contributed by atoms with Gasteiger partial charge in [-0.25, -0.2) is 9.37 Å². The molecule has 2 bridgehead atoms. The fourth-order valence-corrected chi connectivity index (χ4v) is 9.36. The molecule has 0 spiro atoms. The summed E-state index contributed by atoms with van der Waals surface area (Å²) >= 11 is 2.51. The lowest BCUT2D eigenvalue weighted by Gasteiger charge is -2.31. The molecule has 1 aromatic carbocycles. The molecular formula is C34H52FIN4O2Si2. The van der Waals surface area contributed by atoms with E-state index in [9.17, 15) is 0 Å². The van der Waals surface area contributed by atoms with E-state index in [0.29, 0.717) is 25.8 Å². The van der Waals surface area contributed by atoms with Gasteiger partial charge in [0, 0.05) is 40.8 Å². The highest BCUT2D eigenvalue weighted by molar-refractivity contribution is 14.1. The van der Waals surface area contributed by atoms with Crippen molar-refractivity contribution < 1.29 is 13.9 Å². The Kier molecular flexibility index (Phi) is 11.0. The van der Waals surface area contributed by atoms with Crippen molar-refractivity contribution in [3.63, 3.8) is 0 Å². The van der Waals surface area contributed by atoms with Gasteiger partial charge in [0.1, 0.15) is 19.3 Å². The van der Waals surface area contributed by atoms with E-state index in [1.165, 1.54) is 32.1 Å². The van der Waals surface area contributed by atoms with Crippen LogP contribution in [-0.2, 0) is 15.9 Å². The van der Waals surface area contributed by atoms with Crippen LogP contribution in [0.3, 0.4) is 0 Å². The number of anilines is 1. The summed E-state index contributed by atoms with van der Waals surface area (Å²) in [6.45, 7) is 18.6. The molecule has 3 aromatic rings. The molecule has 6 nitrogen and oxygen atoms in total. The number of rotatable bonds is 14. The molecule has 0 amide bonds. The molecule has 2 aliphatic carbocycles. The van der Waals surface area contributed by atoms with Gasteiger partial charge in [0.25, 0.3) is 0 Å². The molecule has 2 heterocycles. The maximum absolute atomic E-state index is 15.0. The highest BCUT2D eigenvalue weighted by Crippen LogP contribution is 2.49. The number of ether oxygens (including phenoxy) is 2. The highest BCUT2D eigenvalue weighted by Gasteiger charge is 2.37. The Labute approximate surface area is 279 Å². The van der Waals surface area contributed by atoms with E-state index in [-0.39, 0.29) is 5.82 Å². The zero-order chi connectivity index (χ0) is 31.6. The molecule has 2 aliphatic rings. The maximum Gasteiger partial charge on any atom is 0.165 e. The summed E-state index contributed by atoms with van der Waals surface area (Å²) in [4.78, 5) is 7.59. The zero-order valence-electron chi connectivity index (χ0n) is 27.9. The second-order valence-corrected chi connectivity index (χ2v) is 27.9. The number of fused-ring (bicyclic) bond motifs is 3. The second kappa shape index (κ2) is 14.2. The lowest BCUT2D eigenvalue weighted by Crippen LogP contribution is -2.34. The van der Waals surface area contributed by atoms with E-state index < -0.39 is 16.1 Å². The third-order valence-corrected chi connectivity index (χ3v) is 13.8. The fraction of sp³-hybridized carbons (Fsp3) is 0.647. The Morgan fingerprint density at radius 3 is 2.11 bits per heavy atom. The minimum atomic E-state index is -1.23. The summed E-state index contributed by atoms with van der Waals surface area (Å²) in [6, 6.07) is 7.78. The van der Waals surface area contributed by atoms with Crippen LogP contribution in [0.4, 0.5) is 10.2 Å². The first-order valence-corrected chi connectivity index (χ1v) is 25.1. The van der Waals surface area contributed by atoms with E-state index in [4.69, 9.17) is 19.6 Å². The molecule has 10 heteroatoms. The molecule has 2 fully saturated rings. The molecule has 0 aliphatic heterocycles. The van der Waals surface area contributed by atoms with Crippen molar-refractivity contribution in [2.45, 2.75) is 103 Å². The van der Waals surface area contributed by atoms with Gasteiger partial charge in [-0.3, -0.25) is 0 Å². The number of hydrogen-bond donors (Lipinski definition) is 0. The Bertz CT molecular complexity index is 1400. The second-order valence-electron chi connectivity index (χ2n) is 15.5. The normalized spacial score (nSPS) is 20.5. The molecule has 242 valence electrons. The lowest BCUT2D eigenvalue weighted by molar-refractivity contribution is 0.0940. The molecule has 0 unspecified atom stereocenters. The van der Waals surface area contributed by atoms with Crippen LogP contribution in [0.15, 0.2) is 24.4 Å². The van der Waals surface area contributed by atoms with E-state index in [1.54, 1.807) is 6.07 Å².